The lowest BCUT2D eigenvalue weighted by atomic mass is 10.1. The van der Waals surface area contributed by atoms with E-state index in [2.05, 4.69) is 49.0 Å². The molecule has 0 heterocycles. The first kappa shape index (κ1) is 22.8. The molecule has 0 spiro atoms. The van der Waals surface area contributed by atoms with Gasteiger partial charge in [-0.25, -0.2) is 9.59 Å². The molecule has 0 saturated heterocycles. The average Bonchev–Trinajstić information content (AvgIpc) is 2.48. The van der Waals surface area contributed by atoms with Crippen LogP contribution in [-0.2, 0) is 0 Å². The zero-order valence-electron chi connectivity index (χ0n) is 17.8. The number of nitrogens with one attached hydrogen (secondary N) is 4. The third kappa shape index (κ3) is 9.31. The van der Waals surface area contributed by atoms with E-state index in [-0.39, 0.29) is 24.1 Å². The fourth-order valence-electron chi connectivity index (χ4n) is 3.14. The number of amides is 4. The molecule has 1 aromatic carbocycles. The summed E-state index contributed by atoms with van der Waals surface area (Å²) in [6.45, 7) is 14.4. The van der Waals surface area contributed by atoms with Crippen LogP contribution in [0.15, 0.2) is 18.2 Å². The maximum atomic E-state index is 12.2. The van der Waals surface area contributed by atoms with Crippen molar-refractivity contribution in [2.75, 3.05) is 10.6 Å². The monoisotopic (exact) mass is 376 g/mol. The average molecular weight is 377 g/mol. The van der Waals surface area contributed by atoms with Gasteiger partial charge in [0.1, 0.15) is 0 Å². The lowest BCUT2D eigenvalue weighted by Crippen LogP contribution is -2.37. The first-order valence-corrected chi connectivity index (χ1v) is 9.82. The Morgan fingerprint density at radius 2 is 1.30 bits per heavy atom. The summed E-state index contributed by atoms with van der Waals surface area (Å²) in [5.74, 6) is 1.04. The quantitative estimate of drug-likeness (QED) is 0.508. The first-order chi connectivity index (χ1) is 12.6. The highest BCUT2D eigenvalue weighted by Gasteiger charge is 2.12. The van der Waals surface area contributed by atoms with Crippen molar-refractivity contribution < 1.29 is 9.59 Å². The van der Waals surface area contributed by atoms with E-state index in [0.29, 0.717) is 23.2 Å². The van der Waals surface area contributed by atoms with Gasteiger partial charge in [0.05, 0.1) is 0 Å². The highest BCUT2D eigenvalue weighted by molar-refractivity contribution is 5.93. The van der Waals surface area contributed by atoms with Crippen molar-refractivity contribution in [3.05, 3.63) is 23.8 Å². The molecular weight excluding hydrogens is 340 g/mol. The van der Waals surface area contributed by atoms with Crippen molar-refractivity contribution >= 4 is 23.4 Å². The van der Waals surface area contributed by atoms with Gasteiger partial charge in [-0.2, -0.15) is 0 Å². The van der Waals surface area contributed by atoms with E-state index < -0.39 is 0 Å². The molecule has 0 aromatic heterocycles. The van der Waals surface area contributed by atoms with Crippen LogP contribution in [0.2, 0.25) is 0 Å². The molecule has 6 nitrogen and oxygen atoms in total. The molecule has 0 bridgehead atoms. The Labute approximate surface area is 163 Å². The van der Waals surface area contributed by atoms with E-state index in [1.807, 2.05) is 32.9 Å². The van der Waals surface area contributed by atoms with Gasteiger partial charge in [-0.05, 0) is 63.1 Å². The second-order valence-electron chi connectivity index (χ2n) is 8.29. The van der Waals surface area contributed by atoms with Crippen LogP contribution >= 0.6 is 0 Å². The highest BCUT2D eigenvalue weighted by atomic mass is 16.2. The molecule has 0 fully saturated rings. The highest BCUT2D eigenvalue weighted by Crippen LogP contribution is 2.20. The molecule has 152 valence electrons. The molecule has 27 heavy (non-hydrogen) atoms. The van der Waals surface area contributed by atoms with E-state index in [4.69, 9.17) is 0 Å². The zero-order chi connectivity index (χ0) is 20.6. The molecule has 0 unspecified atom stereocenters. The second-order valence-corrected chi connectivity index (χ2v) is 8.29. The minimum absolute atomic E-state index is 0.0971. The number of carbonyl (C=O) groups is 2. The summed E-state index contributed by atoms with van der Waals surface area (Å²) in [6.07, 6.45) is 1.84. The van der Waals surface area contributed by atoms with Crippen LogP contribution in [0.25, 0.3) is 0 Å². The Kier molecular flexibility index (Phi) is 9.12. The van der Waals surface area contributed by atoms with Crippen molar-refractivity contribution in [2.24, 2.45) is 11.8 Å². The SMILES string of the molecule is Cc1ccc(NC(=O)N[C@H](C)CC(C)C)cc1NC(=O)N[C@@H](C)CC(C)C. The predicted molar refractivity (Wildman–Crippen MR) is 113 cm³/mol. The smallest absolute Gasteiger partial charge is 0.319 e. The molecule has 4 N–H and O–H groups in total. The molecule has 4 amide bonds. The number of hydrogen-bond donors (Lipinski definition) is 4. The van der Waals surface area contributed by atoms with E-state index in [0.717, 1.165) is 18.4 Å². The topological polar surface area (TPSA) is 82.3 Å². The number of rotatable bonds is 8. The molecule has 1 rings (SSSR count). The number of anilines is 2. The van der Waals surface area contributed by atoms with E-state index in [1.165, 1.54) is 0 Å². The van der Waals surface area contributed by atoms with E-state index in [1.54, 1.807) is 6.07 Å². The molecule has 0 saturated carbocycles. The fourth-order valence-corrected chi connectivity index (χ4v) is 3.14. The molecule has 0 aliphatic rings. The summed E-state index contributed by atoms with van der Waals surface area (Å²) in [6, 6.07) is 5.19. The van der Waals surface area contributed by atoms with Gasteiger partial charge in [-0.1, -0.05) is 33.8 Å². The summed E-state index contributed by atoms with van der Waals surface area (Å²) in [5, 5.41) is 11.6. The number of urea groups is 2. The van der Waals surface area contributed by atoms with Crippen LogP contribution in [0, 0.1) is 18.8 Å². The van der Waals surface area contributed by atoms with Crippen LogP contribution in [0.3, 0.4) is 0 Å². The number of aryl methyl sites for hydroxylation is 1. The van der Waals surface area contributed by atoms with Crippen LogP contribution in [0.4, 0.5) is 21.0 Å². The van der Waals surface area contributed by atoms with E-state index in [9.17, 15) is 9.59 Å². The fraction of sp³-hybridized carbons (Fsp3) is 0.619. The summed E-state index contributed by atoms with van der Waals surface area (Å²) in [7, 11) is 0. The van der Waals surface area contributed by atoms with Gasteiger partial charge in [0.2, 0.25) is 0 Å². The molecule has 0 aliphatic carbocycles. The van der Waals surface area contributed by atoms with Gasteiger partial charge in [0.15, 0.2) is 0 Å². The number of hydrogen-bond acceptors (Lipinski definition) is 2. The molecule has 6 heteroatoms. The minimum atomic E-state index is -0.243. The second kappa shape index (κ2) is 10.8. The van der Waals surface area contributed by atoms with Gasteiger partial charge < -0.3 is 21.3 Å². The molecule has 0 aliphatic heterocycles. The lowest BCUT2D eigenvalue weighted by Gasteiger charge is -2.18. The Morgan fingerprint density at radius 3 is 1.78 bits per heavy atom. The third-order valence-electron chi connectivity index (χ3n) is 4.15. The maximum Gasteiger partial charge on any atom is 0.319 e. The molecular formula is C21H36N4O2. The van der Waals surface area contributed by atoms with Gasteiger partial charge in [-0.15, -0.1) is 0 Å². The van der Waals surface area contributed by atoms with Crippen LogP contribution in [0.1, 0.15) is 59.9 Å². The van der Waals surface area contributed by atoms with Crippen LogP contribution < -0.4 is 21.3 Å². The van der Waals surface area contributed by atoms with Gasteiger partial charge in [0.25, 0.3) is 0 Å². The Hall–Kier alpha value is -2.24. The lowest BCUT2D eigenvalue weighted by molar-refractivity contribution is 0.246. The normalized spacial score (nSPS) is 13.2. The Balaban J connectivity index is 2.66. The summed E-state index contributed by atoms with van der Waals surface area (Å²) >= 11 is 0. The molecule has 0 radical (unpaired) electrons. The summed E-state index contributed by atoms with van der Waals surface area (Å²) in [4.78, 5) is 24.4. The van der Waals surface area contributed by atoms with Gasteiger partial charge >= 0.3 is 12.1 Å². The molecule has 2 atom stereocenters. The number of benzene rings is 1. The zero-order valence-corrected chi connectivity index (χ0v) is 17.8. The van der Waals surface area contributed by atoms with Gasteiger partial charge in [0, 0.05) is 23.5 Å². The largest absolute Gasteiger partial charge is 0.335 e. The van der Waals surface area contributed by atoms with Crippen LogP contribution in [0.5, 0.6) is 0 Å². The standard InChI is InChI=1S/C21H36N4O2/c1-13(2)10-16(6)22-20(26)24-18-9-8-15(5)19(12-18)25-21(27)23-17(7)11-14(3)4/h8-9,12-14,16-17H,10-11H2,1-7H3,(H2,22,24,26)(H2,23,25,27)/t16-,17+/m1/s1. The van der Waals surface area contributed by atoms with Crippen molar-refractivity contribution in [2.45, 2.75) is 73.4 Å². The minimum Gasteiger partial charge on any atom is -0.335 e. The van der Waals surface area contributed by atoms with Crippen LogP contribution in [-0.4, -0.2) is 24.1 Å². The first-order valence-electron chi connectivity index (χ1n) is 9.82. The van der Waals surface area contributed by atoms with E-state index >= 15 is 0 Å². The van der Waals surface area contributed by atoms with Crippen molar-refractivity contribution in [1.82, 2.24) is 10.6 Å². The van der Waals surface area contributed by atoms with Crippen molar-refractivity contribution in [3.8, 4) is 0 Å². The Morgan fingerprint density at radius 1 is 0.815 bits per heavy atom. The van der Waals surface area contributed by atoms with Crippen molar-refractivity contribution in [1.29, 1.82) is 0 Å². The number of carbonyl (C=O) groups excluding carboxylic acids is 2. The third-order valence-corrected chi connectivity index (χ3v) is 4.15. The van der Waals surface area contributed by atoms with Gasteiger partial charge in [-0.3, -0.25) is 0 Å². The Bertz CT molecular complexity index is 629. The summed E-state index contributed by atoms with van der Waals surface area (Å²) in [5.41, 5.74) is 2.25. The van der Waals surface area contributed by atoms with Crippen molar-refractivity contribution in [3.63, 3.8) is 0 Å². The predicted octanol–water partition coefficient (Wildman–Crippen LogP) is 5.11. The molecule has 1 aromatic rings. The summed E-state index contributed by atoms with van der Waals surface area (Å²) < 4.78 is 0. The maximum absolute atomic E-state index is 12.2.